The van der Waals surface area contributed by atoms with Crippen LogP contribution >= 0.6 is 0 Å². The fourth-order valence-corrected chi connectivity index (χ4v) is 4.67. The average molecular weight is 464 g/mol. The van der Waals surface area contributed by atoms with Crippen LogP contribution in [0.1, 0.15) is 42.9 Å². The number of anilines is 2. The van der Waals surface area contributed by atoms with Crippen molar-refractivity contribution in [2.75, 3.05) is 43.4 Å². The monoisotopic (exact) mass is 463 g/mol. The van der Waals surface area contributed by atoms with Gasteiger partial charge >= 0.3 is 0 Å². The molecule has 1 N–H and O–H groups in total. The Balaban J connectivity index is 1.65. The standard InChI is InChI=1S/C25H30FN7O/c1-17-14-18(16-27)24(34)33(19-6-4-5-7-19)23(17)30-25(28-2)29-22-9-8-20(15-21(22)26)32-12-10-31(3)11-13-32/h8-9,14-15,19H,2,4-7,10-13H2,1,3H3,(H,29,30). The summed E-state index contributed by atoms with van der Waals surface area (Å²) in [5.41, 5.74) is 1.47. The maximum atomic E-state index is 15.0. The lowest BCUT2D eigenvalue weighted by molar-refractivity contribution is 0.313. The molecule has 0 bridgehead atoms. The Morgan fingerprint density at radius 2 is 1.91 bits per heavy atom. The summed E-state index contributed by atoms with van der Waals surface area (Å²) in [4.78, 5) is 25.9. The normalized spacial score (nSPS) is 17.6. The van der Waals surface area contributed by atoms with Gasteiger partial charge in [0.1, 0.15) is 23.3 Å². The van der Waals surface area contributed by atoms with E-state index in [1.54, 1.807) is 23.6 Å². The van der Waals surface area contributed by atoms with E-state index in [1.807, 2.05) is 12.1 Å². The summed E-state index contributed by atoms with van der Waals surface area (Å²) >= 11 is 0. The van der Waals surface area contributed by atoms with Crippen LogP contribution in [0.4, 0.5) is 21.6 Å². The average Bonchev–Trinajstić information content (AvgIpc) is 3.36. The van der Waals surface area contributed by atoms with Gasteiger partial charge in [-0.05, 0) is 63.4 Å². The zero-order valence-electron chi connectivity index (χ0n) is 19.7. The van der Waals surface area contributed by atoms with Gasteiger partial charge in [-0.1, -0.05) is 12.8 Å². The molecule has 1 saturated carbocycles. The van der Waals surface area contributed by atoms with Gasteiger partial charge in [0, 0.05) is 37.9 Å². The molecule has 0 amide bonds. The van der Waals surface area contributed by atoms with Crippen molar-refractivity contribution in [2.24, 2.45) is 9.98 Å². The van der Waals surface area contributed by atoms with Gasteiger partial charge in [0.2, 0.25) is 5.96 Å². The molecule has 0 atom stereocenters. The minimum absolute atomic E-state index is 0.0241. The lowest BCUT2D eigenvalue weighted by Crippen LogP contribution is -2.44. The fraction of sp³-hybridized carbons (Fsp3) is 0.440. The van der Waals surface area contributed by atoms with Gasteiger partial charge in [-0.15, -0.1) is 0 Å². The van der Waals surface area contributed by atoms with Crippen molar-refractivity contribution < 1.29 is 4.39 Å². The zero-order valence-corrected chi connectivity index (χ0v) is 19.7. The highest BCUT2D eigenvalue weighted by atomic mass is 19.1. The number of guanidine groups is 1. The van der Waals surface area contributed by atoms with Crippen LogP contribution in [-0.4, -0.2) is 55.4 Å². The highest BCUT2D eigenvalue weighted by molar-refractivity contribution is 5.98. The SMILES string of the molecule is C=N/C(=N\c1c(C)cc(C#N)c(=O)n1C1CCCC1)Nc1ccc(N2CCN(C)CC2)cc1F. The Kier molecular flexibility index (Phi) is 7.08. The Morgan fingerprint density at radius 1 is 1.21 bits per heavy atom. The minimum Gasteiger partial charge on any atom is -0.369 e. The summed E-state index contributed by atoms with van der Waals surface area (Å²) < 4.78 is 16.6. The second-order valence-electron chi connectivity index (χ2n) is 8.96. The molecule has 9 heteroatoms. The first-order valence-electron chi connectivity index (χ1n) is 11.6. The smallest absolute Gasteiger partial charge is 0.270 e. The van der Waals surface area contributed by atoms with Crippen LogP contribution < -0.4 is 15.8 Å². The molecular formula is C25H30FN7O. The topological polar surface area (TPSA) is 89.0 Å². The predicted octanol–water partition coefficient (Wildman–Crippen LogP) is 3.83. The molecule has 1 saturated heterocycles. The Labute approximate surface area is 199 Å². The molecule has 2 aliphatic rings. The molecule has 4 rings (SSSR count). The first kappa shape index (κ1) is 23.6. The lowest BCUT2D eigenvalue weighted by Gasteiger charge is -2.34. The van der Waals surface area contributed by atoms with Gasteiger partial charge in [0.15, 0.2) is 0 Å². The van der Waals surface area contributed by atoms with Gasteiger partial charge in [-0.25, -0.2) is 9.38 Å². The number of nitrogens with zero attached hydrogens (tertiary/aromatic N) is 6. The van der Waals surface area contributed by atoms with E-state index in [9.17, 15) is 14.4 Å². The maximum absolute atomic E-state index is 15.0. The summed E-state index contributed by atoms with van der Waals surface area (Å²) in [5, 5.41) is 12.3. The van der Waals surface area contributed by atoms with Crippen LogP contribution in [0.15, 0.2) is 39.0 Å². The second-order valence-corrected chi connectivity index (χ2v) is 8.96. The third kappa shape index (κ3) is 4.87. The molecule has 1 aromatic heterocycles. The summed E-state index contributed by atoms with van der Waals surface area (Å²) in [6, 6.07) is 8.55. The highest BCUT2D eigenvalue weighted by Gasteiger charge is 2.24. The molecule has 2 aromatic rings. The molecular weight excluding hydrogens is 433 g/mol. The summed E-state index contributed by atoms with van der Waals surface area (Å²) in [6.07, 6.45) is 3.74. The van der Waals surface area contributed by atoms with Crippen molar-refractivity contribution in [1.82, 2.24) is 9.47 Å². The van der Waals surface area contributed by atoms with Gasteiger partial charge < -0.3 is 15.1 Å². The molecule has 178 valence electrons. The zero-order chi connectivity index (χ0) is 24.2. The number of hydrogen-bond acceptors (Lipinski definition) is 5. The number of nitrogens with one attached hydrogen (secondary N) is 1. The van der Waals surface area contributed by atoms with E-state index >= 15 is 0 Å². The number of benzene rings is 1. The second kappa shape index (κ2) is 10.2. The van der Waals surface area contributed by atoms with E-state index in [0.29, 0.717) is 11.4 Å². The van der Waals surface area contributed by atoms with Crippen molar-refractivity contribution in [3.05, 3.63) is 51.6 Å². The molecule has 1 aromatic carbocycles. The van der Waals surface area contributed by atoms with Crippen molar-refractivity contribution in [3.63, 3.8) is 0 Å². The number of aryl methyl sites for hydroxylation is 1. The summed E-state index contributed by atoms with van der Waals surface area (Å²) in [6.45, 7) is 8.95. The molecule has 0 unspecified atom stereocenters. The number of aliphatic imine (C=N–C) groups is 2. The third-order valence-electron chi connectivity index (χ3n) is 6.63. The Hall–Kier alpha value is -3.51. The van der Waals surface area contributed by atoms with E-state index in [1.165, 1.54) is 6.07 Å². The van der Waals surface area contributed by atoms with Crippen molar-refractivity contribution in [1.29, 1.82) is 5.26 Å². The van der Waals surface area contributed by atoms with Gasteiger partial charge in [0.25, 0.3) is 5.56 Å². The van der Waals surface area contributed by atoms with Crippen molar-refractivity contribution >= 4 is 29.9 Å². The van der Waals surface area contributed by atoms with Crippen LogP contribution in [0, 0.1) is 24.1 Å². The van der Waals surface area contributed by atoms with E-state index in [2.05, 4.69) is 38.9 Å². The molecule has 1 aliphatic carbocycles. The van der Waals surface area contributed by atoms with Crippen LogP contribution in [0.3, 0.4) is 0 Å². The summed E-state index contributed by atoms with van der Waals surface area (Å²) in [5.74, 6) is 0.0861. The quantitative estimate of drug-likeness (QED) is 0.550. The van der Waals surface area contributed by atoms with Crippen LogP contribution in [0.5, 0.6) is 0 Å². The largest absolute Gasteiger partial charge is 0.369 e. The number of pyridine rings is 1. The fourth-order valence-electron chi connectivity index (χ4n) is 4.67. The number of halogens is 1. The van der Waals surface area contributed by atoms with Crippen LogP contribution in [0.2, 0.25) is 0 Å². The van der Waals surface area contributed by atoms with Crippen molar-refractivity contribution in [3.8, 4) is 6.07 Å². The van der Waals surface area contributed by atoms with Crippen LogP contribution in [-0.2, 0) is 0 Å². The first-order chi connectivity index (χ1) is 16.4. The van der Waals surface area contributed by atoms with Gasteiger partial charge in [0.05, 0.1) is 5.69 Å². The molecule has 0 radical (unpaired) electrons. The third-order valence-corrected chi connectivity index (χ3v) is 6.63. The molecule has 0 spiro atoms. The number of likely N-dealkylation sites (N-methyl/N-ethyl adjacent to an activating group) is 1. The molecule has 2 heterocycles. The number of nitriles is 1. The minimum atomic E-state index is -0.419. The molecule has 2 fully saturated rings. The van der Waals surface area contributed by atoms with Gasteiger partial charge in [-0.3, -0.25) is 9.36 Å². The number of hydrogen-bond donors (Lipinski definition) is 1. The van der Waals surface area contributed by atoms with E-state index < -0.39 is 5.82 Å². The van der Waals surface area contributed by atoms with Crippen LogP contribution in [0.25, 0.3) is 0 Å². The Morgan fingerprint density at radius 3 is 2.53 bits per heavy atom. The number of rotatable bonds is 4. The molecule has 34 heavy (non-hydrogen) atoms. The van der Waals surface area contributed by atoms with Crippen molar-refractivity contribution in [2.45, 2.75) is 38.6 Å². The van der Waals surface area contributed by atoms with E-state index in [0.717, 1.165) is 57.5 Å². The highest BCUT2D eigenvalue weighted by Crippen LogP contribution is 2.33. The van der Waals surface area contributed by atoms with Gasteiger partial charge in [-0.2, -0.15) is 10.3 Å². The maximum Gasteiger partial charge on any atom is 0.270 e. The lowest BCUT2D eigenvalue weighted by atomic mass is 10.1. The predicted molar refractivity (Wildman–Crippen MR) is 134 cm³/mol. The molecule has 8 nitrogen and oxygen atoms in total. The Bertz CT molecular complexity index is 1200. The molecule has 1 aliphatic heterocycles. The van der Waals surface area contributed by atoms with E-state index in [-0.39, 0.29) is 28.8 Å². The summed E-state index contributed by atoms with van der Waals surface area (Å²) in [7, 11) is 2.08. The first-order valence-corrected chi connectivity index (χ1v) is 11.6. The number of aromatic nitrogens is 1. The number of piperazine rings is 1. The van der Waals surface area contributed by atoms with E-state index in [4.69, 9.17) is 0 Å².